The molecule has 78 valence electrons. The first kappa shape index (κ1) is 11.5. The Morgan fingerprint density at radius 2 is 2.14 bits per heavy atom. The summed E-state index contributed by atoms with van der Waals surface area (Å²) in [5.74, 6) is 0. The molecule has 1 aromatic carbocycles. The summed E-state index contributed by atoms with van der Waals surface area (Å²) in [4.78, 5) is 0. The lowest BCUT2D eigenvalue weighted by atomic mass is 10.0. The minimum Gasteiger partial charge on any atom is -0.310 e. The minimum atomic E-state index is 0.409. The molecule has 1 unspecified atom stereocenters. The zero-order valence-corrected chi connectivity index (χ0v) is 9.86. The largest absolute Gasteiger partial charge is 0.310 e. The summed E-state index contributed by atoms with van der Waals surface area (Å²) in [7, 11) is 0. The lowest BCUT2D eigenvalue weighted by molar-refractivity contribution is 0.568. The Hall–Kier alpha value is -0.530. The molecule has 0 aromatic heterocycles. The SMILES string of the molecule is CCCNC(C)c1ccc(Cl)cc1C. The van der Waals surface area contributed by atoms with Crippen molar-refractivity contribution in [3.05, 3.63) is 34.3 Å². The molecule has 0 aliphatic heterocycles. The molecule has 2 heteroatoms. The van der Waals surface area contributed by atoms with Crippen molar-refractivity contribution in [3.63, 3.8) is 0 Å². The Morgan fingerprint density at radius 1 is 1.43 bits per heavy atom. The first-order valence-corrected chi connectivity index (χ1v) is 5.52. The summed E-state index contributed by atoms with van der Waals surface area (Å²) in [6.45, 7) is 7.52. The van der Waals surface area contributed by atoms with E-state index in [1.54, 1.807) is 0 Å². The monoisotopic (exact) mass is 211 g/mol. The van der Waals surface area contributed by atoms with E-state index in [9.17, 15) is 0 Å². The molecule has 0 amide bonds. The highest BCUT2D eigenvalue weighted by Crippen LogP contribution is 2.20. The van der Waals surface area contributed by atoms with Crippen LogP contribution < -0.4 is 5.32 Å². The van der Waals surface area contributed by atoms with Gasteiger partial charge in [0.15, 0.2) is 0 Å². The highest BCUT2D eigenvalue weighted by atomic mass is 35.5. The van der Waals surface area contributed by atoms with E-state index in [2.05, 4.69) is 32.2 Å². The van der Waals surface area contributed by atoms with Crippen LogP contribution in [0.3, 0.4) is 0 Å². The lowest BCUT2D eigenvalue weighted by Crippen LogP contribution is -2.19. The Kier molecular flexibility index (Phi) is 4.43. The summed E-state index contributed by atoms with van der Waals surface area (Å²) < 4.78 is 0. The van der Waals surface area contributed by atoms with Crippen LogP contribution in [0, 0.1) is 6.92 Å². The van der Waals surface area contributed by atoms with Gasteiger partial charge >= 0.3 is 0 Å². The summed E-state index contributed by atoms with van der Waals surface area (Å²) >= 11 is 5.91. The van der Waals surface area contributed by atoms with Crippen molar-refractivity contribution in [1.82, 2.24) is 5.32 Å². The third-order valence-corrected chi connectivity index (χ3v) is 2.63. The number of hydrogen-bond acceptors (Lipinski definition) is 1. The van der Waals surface area contributed by atoms with Crippen LogP contribution in [0.1, 0.15) is 37.4 Å². The maximum atomic E-state index is 5.91. The van der Waals surface area contributed by atoms with Gasteiger partial charge in [0.2, 0.25) is 0 Å². The van der Waals surface area contributed by atoms with E-state index >= 15 is 0 Å². The fourth-order valence-electron chi connectivity index (χ4n) is 1.60. The molecular formula is C12H18ClN. The van der Waals surface area contributed by atoms with Gasteiger partial charge in [-0.05, 0) is 50.1 Å². The van der Waals surface area contributed by atoms with Gasteiger partial charge in [0.1, 0.15) is 0 Å². The molecule has 0 bridgehead atoms. The maximum Gasteiger partial charge on any atom is 0.0408 e. The predicted octanol–water partition coefficient (Wildman–Crippen LogP) is 3.71. The molecule has 1 aromatic rings. The predicted molar refractivity (Wildman–Crippen MR) is 62.9 cm³/mol. The molecule has 0 heterocycles. The van der Waals surface area contributed by atoms with E-state index in [0.29, 0.717) is 6.04 Å². The van der Waals surface area contributed by atoms with Gasteiger partial charge in [-0.15, -0.1) is 0 Å². The zero-order chi connectivity index (χ0) is 10.6. The molecule has 1 rings (SSSR count). The second-order valence-corrected chi connectivity index (χ2v) is 4.11. The van der Waals surface area contributed by atoms with E-state index < -0.39 is 0 Å². The molecular weight excluding hydrogens is 194 g/mol. The topological polar surface area (TPSA) is 12.0 Å². The van der Waals surface area contributed by atoms with Gasteiger partial charge < -0.3 is 5.32 Å². The highest BCUT2D eigenvalue weighted by molar-refractivity contribution is 6.30. The van der Waals surface area contributed by atoms with Gasteiger partial charge in [-0.3, -0.25) is 0 Å². The quantitative estimate of drug-likeness (QED) is 0.801. The van der Waals surface area contributed by atoms with Gasteiger partial charge in [0.25, 0.3) is 0 Å². The number of aryl methyl sites for hydroxylation is 1. The molecule has 1 atom stereocenters. The fourth-order valence-corrected chi connectivity index (χ4v) is 1.82. The van der Waals surface area contributed by atoms with E-state index in [1.165, 1.54) is 11.1 Å². The molecule has 0 saturated heterocycles. The molecule has 0 radical (unpaired) electrons. The molecule has 0 aliphatic carbocycles. The van der Waals surface area contributed by atoms with Gasteiger partial charge in [0.05, 0.1) is 0 Å². The average molecular weight is 212 g/mol. The second kappa shape index (κ2) is 5.38. The number of benzene rings is 1. The van der Waals surface area contributed by atoms with E-state index in [-0.39, 0.29) is 0 Å². The summed E-state index contributed by atoms with van der Waals surface area (Å²) in [6.07, 6.45) is 1.16. The van der Waals surface area contributed by atoms with Crippen molar-refractivity contribution in [2.75, 3.05) is 6.54 Å². The Bertz CT molecular complexity index is 296. The van der Waals surface area contributed by atoms with Crippen LogP contribution in [0.4, 0.5) is 0 Å². The Labute approximate surface area is 91.5 Å². The van der Waals surface area contributed by atoms with E-state index in [0.717, 1.165) is 18.0 Å². The summed E-state index contributed by atoms with van der Waals surface area (Å²) in [5, 5.41) is 4.28. The van der Waals surface area contributed by atoms with Crippen LogP contribution in [0.5, 0.6) is 0 Å². The number of nitrogens with one attached hydrogen (secondary N) is 1. The van der Waals surface area contributed by atoms with Crippen LogP contribution in [0.25, 0.3) is 0 Å². The normalized spacial score (nSPS) is 12.9. The van der Waals surface area contributed by atoms with Crippen molar-refractivity contribution in [2.45, 2.75) is 33.2 Å². The van der Waals surface area contributed by atoms with E-state index in [4.69, 9.17) is 11.6 Å². The van der Waals surface area contributed by atoms with Crippen molar-refractivity contribution in [1.29, 1.82) is 0 Å². The molecule has 0 saturated carbocycles. The van der Waals surface area contributed by atoms with Gasteiger partial charge in [0, 0.05) is 11.1 Å². The smallest absolute Gasteiger partial charge is 0.0408 e. The molecule has 0 fully saturated rings. The van der Waals surface area contributed by atoms with Gasteiger partial charge in [-0.2, -0.15) is 0 Å². The number of halogens is 1. The highest BCUT2D eigenvalue weighted by Gasteiger charge is 2.06. The van der Waals surface area contributed by atoms with E-state index in [1.807, 2.05) is 12.1 Å². The molecule has 0 aliphatic rings. The third-order valence-electron chi connectivity index (χ3n) is 2.40. The van der Waals surface area contributed by atoms with Crippen LogP contribution in [0.15, 0.2) is 18.2 Å². The first-order valence-electron chi connectivity index (χ1n) is 5.14. The summed E-state index contributed by atoms with van der Waals surface area (Å²) in [5.41, 5.74) is 2.59. The number of rotatable bonds is 4. The third kappa shape index (κ3) is 3.00. The van der Waals surface area contributed by atoms with Gasteiger partial charge in [-0.1, -0.05) is 24.6 Å². The molecule has 0 spiro atoms. The standard InChI is InChI=1S/C12H18ClN/c1-4-7-14-10(3)12-6-5-11(13)8-9(12)2/h5-6,8,10,14H,4,7H2,1-3H3. The minimum absolute atomic E-state index is 0.409. The van der Waals surface area contributed by atoms with Crippen molar-refractivity contribution < 1.29 is 0 Å². The van der Waals surface area contributed by atoms with Crippen LogP contribution >= 0.6 is 11.6 Å². The fraction of sp³-hybridized carbons (Fsp3) is 0.500. The van der Waals surface area contributed by atoms with Gasteiger partial charge in [-0.25, -0.2) is 0 Å². The second-order valence-electron chi connectivity index (χ2n) is 3.68. The van der Waals surface area contributed by atoms with Crippen molar-refractivity contribution in [2.24, 2.45) is 0 Å². The van der Waals surface area contributed by atoms with Crippen LogP contribution in [-0.4, -0.2) is 6.54 Å². The molecule has 1 nitrogen and oxygen atoms in total. The van der Waals surface area contributed by atoms with Crippen LogP contribution in [0.2, 0.25) is 5.02 Å². The Morgan fingerprint density at radius 3 is 2.71 bits per heavy atom. The zero-order valence-electron chi connectivity index (χ0n) is 9.10. The molecule has 14 heavy (non-hydrogen) atoms. The van der Waals surface area contributed by atoms with Crippen molar-refractivity contribution in [3.8, 4) is 0 Å². The maximum absolute atomic E-state index is 5.91. The van der Waals surface area contributed by atoms with Crippen molar-refractivity contribution >= 4 is 11.6 Å². The number of hydrogen-bond donors (Lipinski definition) is 1. The average Bonchev–Trinajstić information content (AvgIpc) is 2.14. The summed E-state index contributed by atoms with van der Waals surface area (Å²) in [6, 6.07) is 6.48. The first-order chi connectivity index (χ1) is 6.65. The molecule has 1 N–H and O–H groups in total. The Balaban J connectivity index is 2.74. The lowest BCUT2D eigenvalue weighted by Gasteiger charge is -2.16. The van der Waals surface area contributed by atoms with Crippen LogP contribution in [-0.2, 0) is 0 Å².